The second-order valence-corrected chi connectivity index (χ2v) is 7.03. The van der Waals surface area contributed by atoms with Crippen LogP contribution in [0, 0.1) is 5.92 Å². The first-order valence-corrected chi connectivity index (χ1v) is 9.39. The Labute approximate surface area is 153 Å². The largest absolute Gasteiger partial charge is 0.439 e. The minimum absolute atomic E-state index is 0.180. The molecule has 6 nitrogen and oxygen atoms in total. The summed E-state index contributed by atoms with van der Waals surface area (Å²) in [4.78, 5) is 23.2. The zero-order valence-corrected chi connectivity index (χ0v) is 14.8. The number of likely N-dealkylation sites (tertiary alicyclic amines) is 1. The molecule has 1 amide bonds. The predicted molar refractivity (Wildman–Crippen MR) is 99.1 cm³/mol. The summed E-state index contributed by atoms with van der Waals surface area (Å²) in [6.07, 6.45) is 7.00. The van der Waals surface area contributed by atoms with Crippen molar-refractivity contribution in [2.75, 3.05) is 18.4 Å². The van der Waals surface area contributed by atoms with Gasteiger partial charge in [-0.25, -0.2) is 4.98 Å². The fourth-order valence-corrected chi connectivity index (χ4v) is 3.47. The number of para-hydroxylation sites is 1. The zero-order valence-electron chi connectivity index (χ0n) is 14.8. The Bertz CT molecular complexity index is 748. The van der Waals surface area contributed by atoms with E-state index in [1.165, 1.54) is 6.42 Å². The van der Waals surface area contributed by atoms with Gasteiger partial charge in [-0.2, -0.15) is 4.98 Å². The van der Waals surface area contributed by atoms with E-state index in [1.807, 2.05) is 35.2 Å². The van der Waals surface area contributed by atoms with Gasteiger partial charge in [-0.1, -0.05) is 24.6 Å². The standard InChI is InChI=1S/C20H24N4O2/c25-19(15-6-4-7-15)24-13-5-8-16(14-24)22-20-21-12-11-18(23-20)26-17-9-2-1-3-10-17/h1-3,9-12,15-16H,4-8,13-14H2,(H,21,22,23). The minimum atomic E-state index is 0.180. The van der Waals surface area contributed by atoms with Crippen molar-refractivity contribution in [3.8, 4) is 11.6 Å². The molecule has 2 fully saturated rings. The van der Waals surface area contributed by atoms with E-state index in [0.717, 1.165) is 44.5 Å². The summed E-state index contributed by atoms with van der Waals surface area (Å²) in [5, 5.41) is 3.37. The molecule has 6 heteroatoms. The van der Waals surface area contributed by atoms with Crippen LogP contribution in [0.4, 0.5) is 5.95 Å². The lowest BCUT2D eigenvalue weighted by Crippen LogP contribution is -2.48. The molecular weight excluding hydrogens is 328 g/mol. The number of piperidine rings is 1. The number of aromatic nitrogens is 2. The second-order valence-electron chi connectivity index (χ2n) is 7.03. The van der Waals surface area contributed by atoms with Gasteiger partial charge in [-0.3, -0.25) is 4.79 Å². The maximum atomic E-state index is 12.5. The fraction of sp³-hybridized carbons (Fsp3) is 0.450. The highest BCUT2D eigenvalue weighted by atomic mass is 16.5. The molecule has 1 aliphatic heterocycles. The molecule has 1 saturated carbocycles. The third-order valence-corrected chi connectivity index (χ3v) is 5.12. The van der Waals surface area contributed by atoms with E-state index in [1.54, 1.807) is 12.3 Å². The Balaban J connectivity index is 1.37. The average molecular weight is 352 g/mol. The van der Waals surface area contributed by atoms with Crippen LogP contribution in [-0.2, 0) is 4.79 Å². The molecule has 1 N–H and O–H groups in total. The van der Waals surface area contributed by atoms with Gasteiger partial charge in [0.05, 0.1) is 0 Å². The molecule has 2 heterocycles. The molecule has 2 aromatic rings. The number of carbonyl (C=O) groups is 1. The summed E-state index contributed by atoms with van der Waals surface area (Å²) in [6.45, 7) is 1.59. The first-order valence-electron chi connectivity index (χ1n) is 9.39. The molecule has 1 aromatic carbocycles. The predicted octanol–water partition coefficient (Wildman–Crippen LogP) is 3.47. The van der Waals surface area contributed by atoms with Gasteiger partial charge in [0.2, 0.25) is 17.7 Å². The van der Waals surface area contributed by atoms with Crippen molar-refractivity contribution in [2.45, 2.75) is 38.1 Å². The molecule has 4 rings (SSSR count). The lowest BCUT2D eigenvalue weighted by Gasteiger charge is -2.37. The van der Waals surface area contributed by atoms with Gasteiger partial charge in [-0.05, 0) is 37.8 Å². The van der Waals surface area contributed by atoms with Crippen LogP contribution < -0.4 is 10.1 Å². The van der Waals surface area contributed by atoms with Crippen LogP contribution in [0.3, 0.4) is 0 Å². The molecule has 1 saturated heterocycles. The average Bonchev–Trinajstić information content (AvgIpc) is 2.62. The number of amides is 1. The minimum Gasteiger partial charge on any atom is -0.439 e. The van der Waals surface area contributed by atoms with Crippen molar-refractivity contribution < 1.29 is 9.53 Å². The van der Waals surface area contributed by atoms with E-state index in [9.17, 15) is 4.79 Å². The van der Waals surface area contributed by atoms with Crippen molar-refractivity contribution in [3.05, 3.63) is 42.6 Å². The number of carbonyl (C=O) groups excluding carboxylic acids is 1. The van der Waals surface area contributed by atoms with Crippen LogP contribution in [-0.4, -0.2) is 39.9 Å². The number of nitrogens with zero attached hydrogens (tertiary/aromatic N) is 3. The third kappa shape index (κ3) is 3.95. The summed E-state index contributed by atoms with van der Waals surface area (Å²) < 4.78 is 5.77. The van der Waals surface area contributed by atoms with Crippen LogP contribution in [0.15, 0.2) is 42.6 Å². The smallest absolute Gasteiger partial charge is 0.226 e. The molecule has 1 aromatic heterocycles. The summed E-state index contributed by atoms with van der Waals surface area (Å²) in [6, 6.07) is 11.5. The maximum absolute atomic E-state index is 12.5. The molecule has 1 unspecified atom stereocenters. The molecule has 26 heavy (non-hydrogen) atoms. The molecule has 0 spiro atoms. The summed E-state index contributed by atoms with van der Waals surface area (Å²) >= 11 is 0. The molecule has 0 radical (unpaired) electrons. The van der Waals surface area contributed by atoms with E-state index < -0.39 is 0 Å². The number of benzene rings is 1. The Morgan fingerprint density at radius 2 is 1.96 bits per heavy atom. The first kappa shape index (κ1) is 16.8. The quantitative estimate of drug-likeness (QED) is 0.892. The Hall–Kier alpha value is -2.63. The van der Waals surface area contributed by atoms with Gasteiger partial charge in [0.15, 0.2) is 0 Å². The van der Waals surface area contributed by atoms with Gasteiger partial charge < -0.3 is 15.0 Å². The van der Waals surface area contributed by atoms with Crippen LogP contribution in [0.1, 0.15) is 32.1 Å². The molecule has 0 bridgehead atoms. The van der Waals surface area contributed by atoms with Crippen molar-refractivity contribution in [2.24, 2.45) is 5.92 Å². The van der Waals surface area contributed by atoms with Crippen LogP contribution in [0.2, 0.25) is 0 Å². The van der Waals surface area contributed by atoms with E-state index in [-0.39, 0.29) is 12.0 Å². The van der Waals surface area contributed by atoms with Crippen molar-refractivity contribution in [3.63, 3.8) is 0 Å². The highest BCUT2D eigenvalue weighted by Crippen LogP contribution is 2.29. The van der Waals surface area contributed by atoms with E-state index in [4.69, 9.17) is 4.74 Å². The fourth-order valence-electron chi connectivity index (χ4n) is 3.47. The van der Waals surface area contributed by atoms with E-state index in [0.29, 0.717) is 17.7 Å². The molecule has 1 atom stereocenters. The maximum Gasteiger partial charge on any atom is 0.226 e. The second kappa shape index (κ2) is 7.72. The number of anilines is 1. The molecule has 136 valence electrons. The summed E-state index contributed by atoms with van der Waals surface area (Å²) in [5.41, 5.74) is 0. The van der Waals surface area contributed by atoms with Crippen molar-refractivity contribution >= 4 is 11.9 Å². The number of hydrogen-bond donors (Lipinski definition) is 1. The Morgan fingerprint density at radius 3 is 2.73 bits per heavy atom. The van der Waals surface area contributed by atoms with E-state index >= 15 is 0 Å². The first-order chi connectivity index (χ1) is 12.8. The van der Waals surface area contributed by atoms with Crippen molar-refractivity contribution in [1.82, 2.24) is 14.9 Å². The molecule has 1 aliphatic carbocycles. The lowest BCUT2D eigenvalue weighted by atomic mass is 9.84. The summed E-state index contributed by atoms with van der Waals surface area (Å²) in [7, 11) is 0. The zero-order chi connectivity index (χ0) is 17.8. The van der Waals surface area contributed by atoms with Crippen LogP contribution >= 0.6 is 0 Å². The van der Waals surface area contributed by atoms with Crippen molar-refractivity contribution in [1.29, 1.82) is 0 Å². The number of ether oxygens (including phenoxy) is 1. The van der Waals surface area contributed by atoms with Crippen LogP contribution in [0.5, 0.6) is 11.6 Å². The molecular formula is C20H24N4O2. The lowest BCUT2D eigenvalue weighted by molar-refractivity contribution is -0.139. The highest BCUT2D eigenvalue weighted by Gasteiger charge is 2.32. The van der Waals surface area contributed by atoms with Gasteiger partial charge in [0.1, 0.15) is 5.75 Å². The Kier molecular flexibility index (Phi) is 5.00. The topological polar surface area (TPSA) is 67.4 Å². The molecule has 2 aliphatic rings. The highest BCUT2D eigenvalue weighted by molar-refractivity contribution is 5.79. The van der Waals surface area contributed by atoms with Gasteiger partial charge in [0.25, 0.3) is 0 Å². The van der Waals surface area contributed by atoms with Gasteiger partial charge in [-0.15, -0.1) is 0 Å². The Morgan fingerprint density at radius 1 is 1.12 bits per heavy atom. The number of hydrogen-bond acceptors (Lipinski definition) is 5. The number of nitrogens with one attached hydrogen (secondary N) is 1. The van der Waals surface area contributed by atoms with E-state index in [2.05, 4.69) is 15.3 Å². The van der Waals surface area contributed by atoms with Gasteiger partial charge >= 0.3 is 0 Å². The van der Waals surface area contributed by atoms with Gasteiger partial charge in [0, 0.05) is 37.3 Å². The monoisotopic (exact) mass is 352 g/mol. The third-order valence-electron chi connectivity index (χ3n) is 5.12. The summed E-state index contributed by atoms with van der Waals surface area (Å²) in [5.74, 6) is 2.37. The normalized spacial score (nSPS) is 20.3. The van der Waals surface area contributed by atoms with Crippen LogP contribution in [0.25, 0.3) is 0 Å². The SMILES string of the molecule is O=C(C1CCC1)N1CCCC(Nc2nccc(Oc3ccccc3)n2)C1. The number of rotatable bonds is 5.